The number of nitrogens with two attached hydrogens (primary N) is 1. The zero-order valence-corrected chi connectivity index (χ0v) is 8.62. The van der Waals surface area contributed by atoms with Crippen molar-refractivity contribution in [3.8, 4) is 5.75 Å². The summed E-state index contributed by atoms with van der Waals surface area (Å²) in [6, 6.07) is 2.72. The highest BCUT2D eigenvalue weighted by atomic mass is 35.5. The summed E-state index contributed by atoms with van der Waals surface area (Å²) in [4.78, 5) is 10.9. The van der Waals surface area contributed by atoms with Gasteiger partial charge in [0.2, 0.25) is 0 Å². The van der Waals surface area contributed by atoms with Crippen LogP contribution in [0.3, 0.4) is 0 Å². The molecule has 0 radical (unpaired) electrons. The van der Waals surface area contributed by atoms with Crippen LogP contribution in [0.4, 0.5) is 0 Å². The summed E-state index contributed by atoms with van der Waals surface area (Å²) in [6.07, 6.45) is 0.649. The molecular formula is C10H10ClNO3. The molecule has 0 aliphatic carbocycles. The van der Waals surface area contributed by atoms with Gasteiger partial charge < -0.3 is 15.6 Å². The Labute approximate surface area is 91.6 Å². The first kappa shape index (κ1) is 10.3. The van der Waals surface area contributed by atoms with Crippen molar-refractivity contribution in [2.45, 2.75) is 12.5 Å². The largest absolute Gasteiger partial charge is 0.492 e. The predicted molar refractivity (Wildman–Crippen MR) is 55.5 cm³/mol. The Hall–Kier alpha value is -1.26. The van der Waals surface area contributed by atoms with Gasteiger partial charge >= 0.3 is 5.97 Å². The molecule has 80 valence electrons. The summed E-state index contributed by atoms with van der Waals surface area (Å²) in [7, 11) is 0. The van der Waals surface area contributed by atoms with Crippen LogP contribution in [0, 0.1) is 0 Å². The van der Waals surface area contributed by atoms with Crippen LogP contribution in [0.5, 0.6) is 5.75 Å². The van der Waals surface area contributed by atoms with E-state index in [2.05, 4.69) is 0 Å². The number of rotatable bonds is 1. The van der Waals surface area contributed by atoms with Gasteiger partial charge in [-0.1, -0.05) is 11.6 Å². The third kappa shape index (κ3) is 1.66. The topological polar surface area (TPSA) is 72.5 Å². The van der Waals surface area contributed by atoms with Gasteiger partial charge in [0, 0.05) is 23.0 Å². The molecule has 5 heteroatoms. The van der Waals surface area contributed by atoms with Gasteiger partial charge in [-0.25, -0.2) is 4.79 Å². The molecular weight excluding hydrogens is 218 g/mol. The fourth-order valence-corrected chi connectivity index (χ4v) is 1.97. The number of carboxylic acid groups (broad SMARTS) is 1. The van der Waals surface area contributed by atoms with Crippen LogP contribution in [-0.2, 0) is 0 Å². The molecule has 15 heavy (non-hydrogen) atoms. The SMILES string of the molecule is N[C@@H]1CCOc2c(C(=O)O)ccc(Cl)c21. The summed E-state index contributed by atoms with van der Waals surface area (Å²) in [5.74, 6) is -0.717. The van der Waals surface area contributed by atoms with E-state index in [1.807, 2.05) is 0 Å². The van der Waals surface area contributed by atoms with Crippen LogP contribution in [0.25, 0.3) is 0 Å². The first-order valence-electron chi connectivity index (χ1n) is 4.55. The summed E-state index contributed by atoms with van der Waals surface area (Å²) in [5.41, 5.74) is 6.57. The number of halogens is 1. The van der Waals surface area contributed by atoms with Gasteiger partial charge in [0.25, 0.3) is 0 Å². The lowest BCUT2D eigenvalue weighted by atomic mass is 9.98. The lowest BCUT2D eigenvalue weighted by molar-refractivity contribution is 0.0691. The van der Waals surface area contributed by atoms with Crippen molar-refractivity contribution in [2.75, 3.05) is 6.61 Å². The van der Waals surface area contributed by atoms with Crippen molar-refractivity contribution in [3.63, 3.8) is 0 Å². The minimum absolute atomic E-state index is 0.115. The molecule has 1 aliphatic rings. The van der Waals surface area contributed by atoms with Gasteiger partial charge in [0.1, 0.15) is 11.3 Å². The van der Waals surface area contributed by atoms with Crippen LogP contribution in [-0.4, -0.2) is 17.7 Å². The number of benzene rings is 1. The molecule has 0 spiro atoms. The van der Waals surface area contributed by atoms with Crippen LogP contribution >= 0.6 is 11.6 Å². The predicted octanol–water partition coefficient (Wildman–Crippen LogP) is 1.82. The van der Waals surface area contributed by atoms with E-state index >= 15 is 0 Å². The van der Waals surface area contributed by atoms with Gasteiger partial charge in [-0.3, -0.25) is 0 Å². The molecule has 4 nitrogen and oxygen atoms in total. The number of ether oxygens (including phenoxy) is 1. The van der Waals surface area contributed by atoms with E-state index in [1.165, 1.54) is 6.07 Å². The van der Waals surface area contributed by atoms with Gasteiger partial charge in [-0.15, -0.1) is 0 Å². The normalized spacial score (nSPS) is 19.2. The number of hydrogen-bond donors (Lipinski definition) is 2. The highest BCUT2D eigenvalue weighted by molar-refractivity contribution is 6.31. The Morgan fingerprint density at radius 2 is 2.33 bits per heavy atom. The summed E-state index contributed by atoms with van der Waals surface area (Å²) >= 11 is 5.96. The second kappa shape index (κ2) is 3.72. The van der Waals surface area contributed by atoms with Crippen molar-refractivity contribution in [2.24, 2.45) is 5.73 Å². The van der Waals surface area contributed by atoms with E-state index in [1.54, 1.807) is 6.07 Å². The average Bonchev–Trinajstić information content (AvgIpc) is 2.17. The lowest BCUT2D eigenvalue weighted by Crippen LogP contribution is -2.22. The molecule has 0 bridgehead atoms. The molecule has 0 aromatic heterocycles. The zero-order chi connectivity index (χ0) is 11.0. The van der Waals surface area contributed by atoms with Crippen molar-refractivity contribution in [1.82, 2.24) is 0 Å². The smallest absolute Gasteiger partial charge is 0.339 e. The van der Waals surface area contributed by atoms with E-state index in [-0.39, 0.29) is 11.6 Å². The number of hydrogen-bond acceptors (Lipinski definition) is 3. The minimum atomic E-state index is -1.03. The zero-order valence-electron chi connectivity index (χ0n) is 7.87. The highest BCUT2D eigenvalue weighted by Gasteiger charge is 2.26. The van der Waals surface area contributed by atoms with Gasteiger partial charge in [0.05, 0.1) is 6.61 Å². The second-order valence-electron chi connectivity index (χ2n) is 3.39. The first-order valence-corrected chi connectivity index (χ1v) is 4.93. The molecule has 1 aromatic carbocycles. The number of fused-ring (bicyclic) bond motifs is 1. The van der Waals surface area contributed by atoms with Crippen LogP contribution in [0.2, 0.25) is 5.02 Å². The van der Waals surface area contributed by atoms with Crippen LogP contribution < -0.4 is 10.5 Å². The van der Waals surface area contributed by atoms with Gasteiger partial charge in [0.15, 0.2) is 0 Å². The van der Waals surface area contributed by atoms with Gasteiger partial charge in [-0.2, -0.15) is 0 Å². The Morgan fingerprint density at radius 3 is 3.00 bits per heavy atom. The van der Waals surface area contributed by atoms with Crippen LogP contribution in [0.1, 0.15) is 28.4 Å². The monoisotopic (exact) mass is 227 g/mol. The molecule has 1 aromatic rings. The molecule has 0 amide bonds. The molecule has 2 rings (SSSR count). The van der Waals surface area contributed by atoms with E-state index in [0.29, 0.717) is 29.4 Å². The number of carbonyl (C=O) groups is 1. The first-order chi connectivity index (χ1) is 7.11. The Balaban J connectivity index is 2.63. The molecule has 0 unspecified atom stereocenters. The van der Waals surface area contributed by atoms with Crippen molar-refractivity contribution < 1.29 is 14.6 Å². The second-order valence-corrected chi connectivity index (χ2v) is 3.79. The maximum Gasteiger partial charge on any atom is 0.339 e. The summed E-state index contributed by atoms with van der Waals surface area (Å²) < 4.78 is 5.32. The molecule has 0 saturated carbocycles. The molecule has 0 fully saturated rings. The molecule has 1 atom stereocenters. The van der Waals surface area contributed by atoms with Crippen molar-refractivity contribution >= 4 is 17.6 Å². The quantitative estimate of drug-likeness (QED) is 0.768. The maximum absolute atomic E-state index is 10.9. The number of aromatic carboxylic acids is 1. The molecule has 1 heterocycles. The van der Waals surface area contributed by atoms with Crippen molar-refractivity contribution in [3.05, 3.63) is 28.3 Å². The Kier molecular flexibility index (Phi) is 2.54. The summed E-state index contributed by atoms with van der Waals surface area (Å²) in [6.45, 7) is 0.425. The van der Waals surface area contributed by atoms with Crippen LogP contribution in [0.15, 0.2) is 12.1 Å². The third-order valence-corrected chi connectivity index (χ3v) is 2.75. The number of carboxylic acids is 1. The standard InChI is InChI=1S/C10H10ClNO3/c11-6-2-1-5(10(13)14)9-8(6)7(12)3-4-15-9/h1-2,7H,3-4,12H2,(H,13,14)/t7-/m1/s1. The van der Waals surface area contributed by atoms with E-state index < -0.39 is 5.97 Å². The Morgan fingerprint density at radius 1 is 1.60 bits per heavy atom. The summed E-state index contributed by atoms with van der Waals surface area (Å²) in [5, 5.41) is 9.41. The third-order valence-electron chi connectivity index (χ3n) is 2.42. The maximum atomic E-state index is 10.9. The highest BCUT2D eigenvalue weighted by Crippen LogP contribution is 2.38. The fourth-order valence-electron chi connectivity index (χ4n) is 1.68. The molecule has 1 aliphatic heterocycles. The minimum Gasteiger partial charge on any atom is -0.492 e. The Bertz CT molecular complexity index is 419. The molecule has 3 N–H and O–H groups in total. The lowest BCUT2D eigenvalue weighted by Gasteiger charge is -2.25. The fraction of sp³-hybridized carbons (Fsp3) is 0.300. The molecule has 0 saturated heterocycles. The average molecular weight is 228 g/mol. The van der Waals surface area contributed by atoms with E-state index in [0.717, 1.165) is 0 Å². The van der Waals surface area contributed by atoms with E-state index in [4.69, 9.17) is 27.2 Å². The van der Waals surface area contributed by atoms with E-state index in [9.17, 15) is 4.79 Å². The van der Waals surface area contributed by atoms with Crippen molar-refractivity contribution in [1.29, 1.82) is 0 Å². The van der Waals surface area contributed by atoms with Gasteiger partial charge in [-0.05, 0) is 12.1 Å².